The summed E-state index contributed by atoms with van der Waals surface area (Å²) in [5, 5.41) is 8.93. The maximum absolute atomic E-state index is 15.2. The van der Waals surface area contributed by atoms with E-state index in [0.29, 0.717) is 5.56 Å². The first kappa shape index (κ1) is 28.4. The molecular formula is C31H25ClFNO6. The molecule has 1 heterocycles. The zero-order valence-electron chi connectivity index (χ0n) is 21.7. The largest absolute Gasteiger partial charge is 0.495 e. The summed E-state index contributed by atoms with van der Waals surface area (Å²) in [5.74, 6) is -2.61. The lowest BCUT2D eigenvalue weighted by molar-refractivity contribution is -0.121. The minimum Gasteiger partial charge on any atom is -0.495 e. The minimum absolute atomic E-state index is 0.0269. The summed E-state index contributed by atoms with van der Waals surface area (Å²) in [6.07, 6.45) is 1.45. The first-order chi connectivity index (χ1) is 19.1. The zero-order valence-corrected chi connectivity index (χ0v) is 22.4. The Balaban J connectivity index is 1.82. The number of Topliss-reactive ketones (excluding diaryl/α,β-unsaturated/α-hetero) is 2. The van der Waals surface area contributed by atoms with Crippen molar-refractivity contribution in [1.29, 1.82) is 0 Å². The normalized spacial score (nSPS) is 11.6. The Hall–Kier alpha value is -4.56. The van der Waals surface area contributed by atoms with Crippen molar-refractivity contribution in [2.24, 2.45) is 0 Å². The van der Waals surface area contributed by atoms with Crippen LogP contribution in [-0.2, 0) is 17.6 Å². The third-order valence-electron chi connectivity index (χ3n) is 6.57. The standard InChI is InChI=1S/C31H25ClFNO6/c1-18(35)22-12-13-24(32)30(33)29(22)23-16-28(37)34(17-27(23)40-2)25(14-19-6-4-3-5-7-19)26(36)15-20-8-10-21(11-9-20)31(38)39/h3-13,16-17,25H,14-15H2,1-2H3,(H,38,39)/t25-/m1/s1. The molecule has 9 heteroatoms. The van der Waals surface area contributed by atoms with Crippen molar-refractivity contribution in [3.8, 4) is 16.9 Å². The van der Waals surface area contributed by atoms with Crippen LogP contribution in [0.5, 0.6) is 5.75 Å². The molecule has 0 fully saturated rings. The first-order valence-corrected chi connectivity index (χ1v) is 12.7. The van der Waals surface area contributed by atoms with Gasteiger partial charge in [0, 0.05) is 35.6 Å². The van der Waals surface area contributed by atoms with Crippen molar-refractivity contribution in [2.75, 3.05) is 7.11 Å². The highest BCUT2D eigenvalue weighted by atomic mass is 35.5. The van der Waals surface area contributed by atoms with E-state index >= 15 is 4.39 Å². The molecule has 0 bridgehead atoms. The number of hydrogen-bond acceptors (Lipinski definition) is 5. The van der Waals surface area contributed by atoms with Gasteiger partial charge in [-0.2, -0.15) is 0 Å². The molecule has 1 atom stereocenters. The molecule has 0 unspecified atom stereocenters. The number of carbonyl (C=O) groups is 3. The Kier molecular flexibility index (Phi) is 8.60. The summed E-state index contributed by atoms with van der Waals surface area (Å²) in [7, 11) is 1.33. The number of aromatic nitrogens is 1. The summed E-state index contributed by atoms with van der Waals surface area (Å²) in [6.45, 7) is 1.28. The fraction of sp³-hybridized carbons (Fsp3) is 0.161. The third-order valence-corrected chi connectivity index (χ3v) is 6.86. The fourth-order valence-corrected chi connectivity index (χ4v) is 4.68. The zero-order chi connectivity index (χ0) is 29.0. The van der Waals surface area contributed by atoms with Gasteiger partial charge in [0.15, 0.2) is 11.6 Å². The quantitative estimate of drug-likeness (QED) is 0.245. The first-order valence-electron chi connectivity index (χ1n) is 12.3. The van der Waals surface area contributed by atoms with Crippen LogP contribution < -0.4 is 10.3 Å². The highest BCUT2D eigenvalue weighted by molar-refractivity contribution is 6.31. The van der Waals surface area contributed by atoms with E-state index in [9.17, 15) is 19.2 Å². The second-order valence-electron chi connectivity index (χ2n) is 9.19. The van der Waals surface area contributed by atoms with E-state index in [0.717, 1.165) is 11.6 Å². The van der Waals surface area contributed by atoms with Crippen LogP contribution in [0.25, 0.3) is 11.1 Å². The van der Waals surface area contributed by atoms with Crippen molar-refractivity contribution < 1.29 is 28.6 Å². The van der Waals surface area contributed by atoms with Crippen molar-refractivity contribution >= 4 is 29.1 Å². The molecule has 204 valence electrons. The molecule has 0 aliphatic heterocycles. The average molecular weight is 562 g/mol. The number of carbonyl (C=O) groups excluding carboxylic acids is 2. The van der Waals surface area contributed by atoms with Gasteiger partial charge in [-0.05, 0) is 42.3 Å². The van der Waals surface area contributed by atoms with Gasteiger partial charge in [-0.1, -0.05) is 54.1 Å². The van der Waals surface area contributed by atoms with E-state index in [-0.39, 0.29) is 51.7 Å². The highest BCUT2D eigenvalue weighted by Gasteiger charge is 2.26. The molecular weight excluding hydrogens is 537 g/mol. The Morgan fingerprint density at radius 3 is 2.27 bits per heavy atom. The van der Waals surface area contributed by atoms with Gasteiger partial charge >= 0.3 is 5.97 Å². The average Bonchev–Trinajstić information content (AvgIpc) is 2.94. The van der Waals surface area contributed by atoms with Gasteiger partial charge < -0.3 is 14.4 Å². The van der Waals surface area contributed by atoms with Crippen LogP contribution in [-0.4, -0.2) is 34.3 Å². The number of ether oxygens (including phenoxy) is 1. The van der Waals surface area contributed by atoms with Crippen LogP contribution in [0.4, 0.5) is 4.39 Å². The third kappa shape index (κ3) is 6.02. The van der Waals surface area contributed by atoms with E-state index in [1.165, 1.54) is 49.1 Å². The monoisotopic (exact) mass is 561 g/mol. The van der Waals surface area contributed by atoms with Crippen LogP contribution in [0, 0.1) is 5.82 Å². The van der Waals surface area contributed by atoms with Gasteiger partial charge in [0.2, 0.25) is 0 Å². The van der Waals surface area contributed by atoms with Crippen molar-refractivity contribution in [3.05, 3.63) is 122 Å². The van der Waals surface area contributed by atoms with Gasteiger partial charge in [-0.25, -0.2) is 9.18 Å². The smallest absolute Gasteiger partial charge is 0.335 e. The highest BCUT2D eigenvalue weighted by Crippen LogP contribution is 2.37. The summed E-state index contributed by atoms with van der Waals surface area (Å²) >= 11 is 6.01. The molecule has 40 heavy (non-hydrogen) atoms. The molecule has 7 nitrogen and oxygen atoms in total. The van der Waals surface area contributed by atoms with E-state index in [1.54, 1.807) is 12.1 Å². The molecule has 0 aliphatic carbocycles. The molecule has 3 aromatic carbocycles. The van der Waals surface area contributed by atoms with Crippen molar-refractivity contribution in [2.45, 2.75) is 25.8 Å². The molecule has 1 aromatic heterocycles. The fourth-order valence-electron chi connectivity index (χ4n) is 4.53. The lowest BCUT2D eigenvalue weighted by Crippen LogP contribution is -2.32. The summed E-state index contributed by atoms with van der Waals surface area (Å²) in [4.78, 5) is 50.6. The Morgan fingerprint density at radius 2 is 1.68 bits per heavy atom. The molecule has 0 saturated carbocycles. The molecule has 4 rings (SSSR count). The summed E-state index contributed by atoms with van der Waals surface area (Å²) in [6, 6.07) is 17.9. The lowest BCUT2D eigenvalue weighted by Gasteiger charge is -2.22. The minimum atomic E-state index is -1.08. The van der Waals surface area contributed by atoms with Gasteiger partial charge in [0.05, 0.1) is 29.9 Å². The van der Waals surface area contributed by atoms with E-state index < -0.39 is 29.2 Å². The maximum Gasteiger partial charge on any atom is 0.335 e. The number of carboxylic acids is 1. The van der Waals surface area contributed by atoms with Gasteiger partial charge in [-0.15, -0.1) is 0 Å². The van der Waals surface area contributed by atoms with Crippen LogP contribution in [0.15, 0.2) is 83.8 Å². The summed E-state index contributed by atoms with van der Waals surface area (Å²) < 4.78 is 22.0. The number of hydrogen-bond donors (Lipinski definition) is 1. The molecule has 1 N–H and O–H groups in total. The van der Waals surface area contributed by atoms with E-state index in [2.05, 4.69) is 0 Å². The van der Waals surface area contributed by atoms with E-state index in [1.807, 2.05) is 30.3 Å². The number of halogens is 2. The summed E-state index contributed by atoms with van der Waals surface area (Å²) in [5.41, 5.74) is 0.759. The predicted molar refractivity (Wildman–Crippen MR) is 149 cm³/mol. The second kappa shape index (κ2) is 12.1. The van der Waals surface area contributed by atoms with Gasteiger partial charge in [0.25, 0.3) is 5.56 Å². The topological polar surface area (TPSA) is 103 Å². The van der Waals surface area contributed by atoms with Gasteiger partial charge in [0.1, 0.15) is 11.6 Å². The van der Waals surface area contributed by atoms with Crippen molar-refractivity contribution in [3.63, 3.8) is 0 Å². The maximum atomic E-state index is 15.2. The molecule has 0 spiro atoms. The molecule has 4 aromatic rings. The number of ketones is 2. The number of rotatable bonds is 10. The number of aromatic carboxylic acids is 1. The lowest BCUT2D eigenvalue weighted by atomic mass is 9.95. The SMILES string of the molecule is COc1cn([C@H](Cc2ccccc2)C(=O)Cc2ccc(C(=O)O)cc2)c(=O)cc1-c1c(C(C)=O)ccc(Cl)c1F. The number of carboxylic acid groups (broad SMARTS) is 1. The van der Waals surface area contributed by atoms with Crippen LogP contribution >= 0.6 is 11.6 Å². The van der Waals surface area contributed by atoms with Crippen LogP contribution in [0.3, 0.4) is 0 Å². The number of pyridine rings is 1. The van der Waals surface area contributed by atoms with E-state index in [4.69, 9.17) is 21.4 Å². The molecule has 0 radical (unpaired) electrons. The van der Waals surface area contributed by atoms with Crippen LogP contribution in [0.2, 0.25) is 5.02 Å². The second-order valence-corrected chi connectivity index (χ2v) is 9.60. The molecule has 0 amide bonds. The van der Waals surface area contributed by atoms with Crippen LogP contribution in [0.1, 0.15) is 44.8 Å². The Morgan fingerprint density at radius 1 is 1.00 bits per heavy atom. The molecule has 0 saturated heterocycles. The van der Waals surface area contributed by atoms with Gasteiger partial charge in [-0.3, -0.25) is 14.4 Å². The Bertz CT molecular complexity index is 1650. The van der Waals surface area contributed by atoms with Crippen molar-refractivity contribution in [1.82, 2.24) is 4.57 Å². The Labute approximate surface area is 234 Å². The number of methoxy groups -OCH3 is 1. The number of benzene rings is 3. The number of nitrogens with zero attached hydrogens (tertiary/aromatic N) is 1. The molecule has 0 aliphatic rings. The predicted octanol–water partition coefficient (Wildman–Crippen LogP) is 5.81.